The van der Waals surface area contributed by atoms with Gasteiger partial charge < -0.3 is 14.8 Å². The van der Waals surface area contributed by atoms with Crippen molar-refractivity contribution in [2.24, 2.45) is 0 Å². The SMILES string of the molecule is COc1cc(Nc2ccccn2)ccc1S(=O)(=O)CCCN1CCOCC1. The number of pyridine rings is 1. The van der Waals surface area contributed by atoms with Crippen LogP contribution < -0.4 is 10.1 Å². The van der Waals surface area contributed by atoms with Gasteiger partial charge in [-0.05, 0) is 37.2 Å². The Bertz CT molecular complexity index is 837. The summed E-state index contributed by atoms with van der Waals surface area (Å²) in [6, 6.07) is 10.5. The standard InChI is InChI=1S/C19H25N3O4S/c1-25-17-15-16(21-19-5-2-3-8-20-19)6-7-18(17)27(23,24)14-4-9-22-10-12-26-13-11-22/h2-3,5-8,15H,4,9-14H2,1H3,(H,20,21). The zero-order valence-corrected chi connectivity index (χ0v) is 16.2. The zero-order chi connectivity index (χ0) is 19.1. The van der Waals surface area contributed by atoms with Gasteiger partial charge in [-0.25, -0.2) is 13.4 Å². The van der Waals surface area contributed by atoms with Crippen LogP contribution >= 0.6 is 0 Å². The van der Waals surface area contributed by atoms with Gasteiger partial charge in [0.1, 0.15) is 16.5 Å². The normalized spacial score (nSPS) is 15.4. The molecule has 2 aromatic rings. The minimum atomic E-state index is -3.42. The molecule has 2 heterocycles. The lowest BCUT2D eigenvalue weighted by Crippen LogP contribution is -2.37. The van der Waals surface area contributed by atoms with E-state index in [4.69, 9.17) is 9.47 Å². The Balaban J connectivity index is 1.66. The van der Waals surface area contributed by atoms with E-state index in [1.165, 1.54) is 7.11 Å². The van der Waals surface area contributed by atoms with Crippen LogP contribution in [-0.4, -0.2) is 64.0 Å². The molecule has 3 rings (SSSR count). The van der Waals surface area contributed by atoms with Crippen molar-refractivity contribution in [3.63, 3.8) is 0 Å². The Hall–Kier alpha value is -2.16. The Kier molecular flexibility index (Phi) is 6.65. The average molecular weight is 391 g/mol. The van der Waals surface area contributed by atoms with Crippen LogP contribution in [0.2, 0.25) is 0 Å². The summed E-state index contributed by atoms with van der Waals surface area (Å²) >= 11 is 0. The molecule has 1 aromatic heterocycles. The lowest BCUT2D eigenvalue weighted by molar-refractivity contribution is 0.0381. The summed E-state index contributed by atoms with van der Waals surface area (Å²) in [4.78, 5) is 6.66. The summed E-state index contributed by atoms with van der Waals surface area (Å²) in [7, 11) is -1.94. The van der Waals surface area contributed by atoms with Crippen molar-refractivity contribution in [3.8, 4) is 5.75 Å². The number of methoxy groups -OCH3 is 1. The highest BCUT2D eigenvalue weighted by Gasteiger charge is 2.21. The zero-order valence-electron chi connectivity index (χ0n) is 15.4. The first-order valence-corrected chi connectivity index (χ1v) is 10.6. The fourth-order valence-corrected chi connectivity index (χ4v) is 4.45. The lowest BCUT2D eigenvalue weighted by atomic mass is 10.3. The van der Waals surface area contributed by atoms with Crippen LogP contribution in [0.5, 0.6) is 5.75 Å². The molecule has 7 nitrogen and oxygen atoms in total. The molecule has 1 aliphatic heterocycles. The van der Waals surface area contributed by atoms with Crippen LogP contribution in [0.4, 0.5) is 11.5 Å². The fourth-order valence-electron chi connectivity index (χ4n) is 3.00. The molecule has 8 heteroatoms. The summed E-state index contributed by atoms with van der Waals surface area (Å²) < 4.78 is 36.2. The number of morpholine rings is 1. The number of hydrogen-bond donors (Lipinski definition) is 1. The Labute approximate surface area is 160 Å². The highest BCUT2D eigenvalue weighted by Crippen LogP contribution is 2.29. The lowest BCUT2D eigenvalue weighted by Gasteiger charge is -2.26. The van der Waals surface area contributed by atoms with E-state index < -0.39 is 9.84 Å². The van der Waals surface area contributed by atoms with Crippen molar-refractivity contribution in [2.45, 2.75) is 11.3 Å². The first-order valence-electron chi connectivity index (χ1n) is 8.97. The third-order valence-electron chi connectivity index (χ3n) is 4.43. The third-order valence-corrected chi connectivity index (χ3v) is 6.26. The molecule has 1 saturated heterocycles. The highest BCUT2D eigenvalue weighted by molar-refractivity contribution is 7.91. The van der Waals surface area contributed by atoms with Gasteiger partial charge in [-0.2, -0.15) is 0 Å². The van der Waals surface area contributed by atoms with E-state index in [0.717, 1.165) is 25.3 Å². The van der Waals surface area contributed by atoms with Crippen molar-refractivity contribution >= 4 is 21.3 Å². The molecular weight excluding hydrogens is 366 g/mol. The number of sulfone groups is 1. The van der Waals surface area contributed by atoms with Crippen LogP contribution in [0.1, 0.15) is 6.42 Å². The van der Waals surface area contributed by atoms with E-state index in [1.807, 2.05) is 18.2 Å². The molecule has 0 unspecified atom stereocenters. The average Bonchev–Trinajstić information content (AvgIpc) is 2.69. The molecule has 0 atom stereocenters. The molecule has 0 saturated carbocycles. The van der Waals surface area contributed by atoms with Gasteiger partial charge in [0.2, 0.25) is 0 Å². The fraction of sp³-hybridized carbons (Fsp3) is 0.421. The first-order chi connectivity index (χ1) is 13.1. The first kappa shape index (κ1) is 19.6. The van der Waals surface area contributed by atoms with E-state index >= 15 is 0 Å². The third kappa shape index (κ3) is 5.41. The van der Waals surface area contributed by atoms with E-state index in [0.29, 0.717) is 31.2 Å². The Morgan fingerprint density at radius 1 is 1.22 bits per heavy atom. The Morgan fingerprint density at radius 3 is 2.74 bits per heavy atom. The summed E-state index contributed by atoms with van der Waals surface area (Å²) in [5, 5.41) is 3.14. The van der Waals surface area contributed by atoms with Gasteiger partial charge in [0, 0.05) is 31.0 Å². The second kappa shape index (κ2) is 9.16. The second-order valence-electron chi connectivity index (χ2n) is 6.33. The molecular formula is C19H25N3O4S. The van der Waals surface area contributed by atoms with Gasteiger partial charge in [0.15, 0.2) is 9.84 Å². The molecule has 0 spiro atoms. The van der Waals surface area contributed by atoms with E-state index in [9.17, 15) is 8.42 Å². The second-order valence-corrected chi connectivity index (χ2v) is 8.41. The molecule has 1 aliphatic rings. The van der Waals surface area contributed by atoms with Crippen molar-refractivity contribution in [1.82, 2.24) is 9.88 Å². The van der Waals surface area contributed by atoms with Gasteiger partial charge in [0.25, 0.3) is 0 Å². The molecule has 27 heavy (non-hydrogen) atoms. The van der Waals surface area contributed by atoms with Crippen LogP contribution in [0.3, 0.4) is 0 Å². The molecule has 1 fully saturated rings. The van der Waals surface area contributed by atoms with Crippen LogP contribution in [0.15, 0.2) is 47.5 Å². The van der Waals surface area contributed by atoms with E-state index in [2.05, 4.69) is 15.2 Å². The van der Waals surface area contributed by atoms with Crippen LogP contribution in [0, 0.1) is 0 Å². The largest absolute Gasteiger partial charge is 0.495 e. The number of anilines is 2. The smallest absolute Gasteiger partial charge is 0.182 e. The quantitative estimate of drug-likeness (QED) is 0.740. The topological polar surface area (TPSA) is 80.8 Å². The maximum Gasteiger partial charge on any atom is 0.182 e. The van der Waals surface area contributed by atoms with Crippen molar-refractivity contribution in [1.29, 1.82) is 0 Å². The summed E-state index contributed by atoms with van der Waals surface area (Å²) in [6.45, 7) is 3.90. The van der Waals surface area contributed by atoms with Gasteiger partial charge in [-0.1, -0.05) is 6.07 Å². The molecule has 0 aliphatic carbocycles. The van der Waals surface area contributed by atoms with Crippen molar-refractivity contribution in [2.75, 3.05) is 51.0 Å². The van der Waals surface area contributed by atoms with Gasteiger partial charge in [0.05, 0.1) is 26.1 Å². The molecule has 0 radical (unpaired) electrons. The van der Waals surface area contributed by atoms with E-state index in [1.54, 1.807) is 24.4 Å². The minimum absolute atomic E-state index is 0.0910. The monoisotopic (exact) mass is 391 g/mol. The minimum Gasteiger partial charge on any atom is -0.495 e. The van der Waals surface area contributed by atoms with E-state index in [-0.39, 0.29) is 10.6 Å². The number of hydrogen-bond acceptors (Lipinski definition) is 7. The summed E-state index contributed by atoms with van der Waals surface area (Å²) in [5.74, 6) is 1.11. The van der Waals surface area contributed by atoms with Crippen LogP contribution in [0.25, 0.3) is 0 Å². The predicted molar refractivity (Wildman–Crippen MR) is 104 cm³/mol. The Morgan fingerprint density at radius 2 is 2.04 bits per heavy atom. The molecule has 146 valence electrons. The van der Waals surface area contributed by atoms with Crippen LogP contribution in [-0.2, 0) is 14.6 Å². The summed E-state index contributed by atoms with van der Waals surface area (Å²) in [6.07, 6.45) is 2.27. The molecule has 0 bridgehead atoms. The maximum atomic E-state index is 12.8. The number of nitrogens with zero attached hydrogens (tertiary/aromatic N) is 2. The molecule has 1 aromatic carbocycles. The van der Waals surface area contributed by atoms with Crippen molar-refractivity contribution < 1.29 is 17.9 Å². The number of aromatic nitrogens is 1. The number of rotatable bonds is 8. The van der Waals surface area contributed by atoms with Gasteiger partial charge in [-0.3, -0.25) is 4.90 Å². The van der Waals surface area contributed by atoms with Gasteiger partial charge >= 0.3 is 0 Å². The van der Waals surface area contributed by atoms with Gasteiger partial charge in [-0.15, -0.1) is 0 Å². The van der Waals surface area contributed by atoms with Crippen molar-refractivity contribution in [3.05, 3.63) is 42.6 Å². The number of benzene rings is 1. The number of ether oxygens (including phenoxy) is 2. The molecule has 1 N–H and O–H groups in total. The summed E-state index contributed by atoms with van der Waals surface area (Å²) in [5.41, 5.74) is 0.720. The predicted octanol–water partition coefficient (Wildman–Crippen LogP) is 2.33. The molecule has 0 amide bonds. The number of nitrogens with one attached hydrogen (secondary N) is 1. The maximum absolute atomic E-state index is 12.8. The highest BCUT2D eigenvalue weighted by atomic mass is 32.2.